The number of fused-ring (bicyclic) bond motifs is 3. The van der Waals surface area contributed by atoms with E-state index in [-0.39, 0.29) is 12.3 Å². The van der Waals surface area contributed by atoms with Gasteiger partial charge in [-0.15, -0.1) is 11.3 Å². The van der Waals surface area contributed by atoms with Crippen molar-refractivity contribution in [3.63, 3.8) is 0 Å². The quantitative estimate of drug-likeness (QED) is 0.561. The number of ether oxygens (including phenoxy) is 1. The summed E-state index contributed by atoms with van der Waals surface area (Å²) in [6.07, 6.45) is 1.56. The number of hydrogen-bond donors (Lipinski definition) is 0. The van der Waals surface area contributed by atoms with Gasteiger partial charge in [0.2, 0.25) is 0 Å². The van der Waals surface area contributed by atoms with Crippen molar-refractivity contribution < 1.29 is 4.74 Å². The average Bonchev–Trinajstić information content (AvgIpc) is 2.97. The lowest BCUT2D eigenvalue weighted by Crippen LogP contribution is -2.21. The average molecular weight is 351 g/mol. The highest BCUT2D eigenvalue weighted by atomic mass is 32.1. The van der Waals surface area contributed by atoms with Crippen LogP contribution in [-0.4, -0.2) is 14.5 Å². The zero-order valence-corrected chi connectivity index (χ0v) is 14.8. The minimum absolute atomic E-state index is 0.0851. The molecule has 4 aromatic rings. The van der Waals surface area contributed by atoms with Crippen LogP contribution in [0.1, 0.15) is 16.8 Å². The molecule has 3 aromatic heterocycles. The van der Waals surface area contributed by atoms with Gasteiger partial charge in [0.25, 0.3) is 5.56 Å². The Morgan fingerprint density at radius 3 is 2.80 bits per heavy atom. The summed E-state index contributed by atoms with van der Waals surface area (Å²) in [4.78, 5) is 22.7. The lowest BCUT2D eigenvalue weighted by molar-refractivity contribution is 0.0615. The van der Waals surface area contributed by atoms with Crippen LogP contribution in [0, 0.1) is 13.8 Å². The fourth-order valence-corrected chi connectivity index (χ4v) is 4.13. The smallest absolute Gasteiger partial charge is 0.273 e. The van der Waals surface area contributed by atoms with Gasteiger partial charge in [0.1, 0.15) is 22.6 Å². The van der Waals surface area contributed by atoms with Crippen molar-refractivity contribution in [2.24, 2.45) is 0 Å². The molecule has 25 heavy (non-hydrogen) atoms. The topological polar surface area (TPSA) is 57.0 Å². The van der Waals surface area contributed by atoms with E-state index in [9.17, 15) is 4.79 Å². The van der Waals surface area contributed by atoms with Gasteiger partial charge in [0.05, 0.1) is 12.1 Å². The minimum Gasteiger partial charge on any atom is -0.356 e. The van der Waals surface area contributed by atoms with Gasteiger partial charge in [-0.3, -0.25) is 9.36 Å². The van der Waals surface area contributed by atoms with E-state index in [1.807, 2.05) is 50.2 Å². The van der Waals surface area contributed by atoms with Crippen molar-refractivity contribution in [2.75, 3.05) is 0 Å². The number of benzene rings is 1. The van der Waals surface area contributed by atoms with Crippen molar-refractivity contribution >= 4 is 31.8 Å². The highest BCUT2D eigenvalue weighted by molar-refractivity contribution is 7.25. The molecule has 5 nitrogen and oxygen atoms in total. The number of rotatable bonds is 4. The summed E-state index contributed by atoms with van der Waals surface area (Å²) in [7, 11) is 0. The largest absolute Gasteiger partial charge is 0.356 e. The molecular formula is C19H17N3O2S. The van der Waals surface area contributed by atoms with E-state index < -0.39 is 0 Å². The number of nitrogens with zero attached hydrogens (tertiary/aromatic N) is 3. The first-order chi connectivity index (χ1) is 12.1. The standard InChI is InChI=1S/C19H17N3O2S/c1-12-8-13(2)21-18-15(12)16-17(25-18)19(23)22(10-20-16)11-24-9-14-6-4-3-5-7-14/h3-8,10H,9,11H2,1-2H3. The molecule has 0 fully saturated rings. The van der Waals surface area contributed by atoms with E-state index in [2.05, 4.69) is 9.97 Å². The summed E-state index contributed by atoms with van der Waals surface area (Å²) in [5, 5.41) is 0.972. The Morgan fingerprint density at radius 2 is 2.00 bits per heavy atom. The molecule has 4 rings (SSSR count). The fourth-order valence-electron chi connectivity index (χ4n) is 2.93. The molecule has 0 amide bonds. The molecule has 6 heteroatoms. The van der Waals surface area contributed by atoms with Gasteiger partial charge >= 0.3 is 0 Å². The van der Waals surface area contributed by atoms with Gasteiger partial charge in [0.15, 0.2) is 0 Å². The minimum atomic E-state index is -0.0851. The molecule has 0 atom stereocenters. The van der Waals surface area contributed by atoms with Crippen LogP contribution in [0.2, 0.25) is 0 Å². The molecule has 3 heterocycles. The Morgan fingerprint density at radius 1 is 1.20 bits per heavy atom. The Labute approximate surface area is 148 Å². The molecule has 0 saturated carbocycles. The summed E-state index contributed by atoms with van der Waals surface area (Å²) in [5.74, 6) is 0. The molecule has 126 valence electrons. The lowest BCUT2D eigenvalue weighted by atomic mass is 10.1. The Bertz CT molecular complexity index is 1120. The van der Waals surface area contributed by atoms with E-state index in [0.29, 0.717) is 11.3 Å². The van der Waals surface area contributed by atoms with Gasteiger partial charge < -0.3 is 4.74 Å². The molecule has 0 unspecified atom stereocenters. The van der Waals surface area contributed by atoms with Crippen LogP contribution in [-0.2, 0) is 18.1 Å². The fraction of sp³-hybridized carbons (Fsp3) is 0.211. The van der Waals surface area contributed by atoms with Gasteiger partial charge in [-0.25, -0.2) is 9.97 Å². The second-order valence-corrected chi connectivity index (χ2v) is 7.02. The number of pyridine rings is 1. The normalized spacial score (nSPS) is 11.4. The first-order valence-corrected chi connectivity index (χ1v) is 8.82. The lowest BCUT2D eigenvalue weighted by Gasteiger charge is -2.07. The van der Waals surface area contributed by atoms with Gasteiger partial charge in [-0.2, -0.15) is 0 Å². The van der Waals surface area contributed by atoms with E-state index in [1.54, 1.807) is 6.33 Å². The molecule has 1 aromatic carbocycles. The molecule has 0 N–H and O–H groups in total. The maximum atomic E-state index is 12.8. The van der Waals surface area contributed by atoms with Crippen molar-refractivity contribution in [3.8, 4) is 0 Å². The van der Waals surface area contributed by atoms with Crippen molar-refractivity contribution in [3.05, 3.63) is 69.9 Å². The van der Waals surface area contributed by atoms with Crippen LogP contribution in [0.4, 0.5) is 0 Å². The maximum Gasteiger partial charge on any atom is 0.273 e. The van der Waals surface area contributed by atoms with Gasteiger partial charge in [-0.1, -0.05) is 30.3 Å². The molecule has 0 aliphatic carbocycles. The summed E-state index contributed by atoms with van der Waals surface area (Å²) in [5.41, 5.74) is 3.76. The molecule has 0 aliphatic rings. The number of hydrogen-bond acceptors (Lipinski definition) is 5. The van der Waals surface area contributed by atoms with Gasteiger partial charge in [0, 0.05) is 11.1 Å². The van der Waals surface area contributed by atoms with Crippen LogP contribution < -0.4 is 5.56 Å². The Kier molecular flexibility index (Phi) is 4.07. The molecule has 0 bridgehead atoms. The van der Waals surface area contributed by atoms with Gasteiger partial charge in [-0.05, 0) is 31.0 Å². The van der Waals surface area contributed by atoms with Crippen molar-refractivity contribution in [1.29, 1.82) is 0 Å². The van der Waals surface area contributed by atoms with E-state index in [0.717, 1.165) is 32.6 Å². The zero-order valence-electron chi connectivity index (χ0n) is 14.0. The van der Waals surface area contributed by atoms with E-state index >= 15 is 0 Å². The molecule has 0 radical (unpaired) electrons. The predicted molar refractivity (Wildman–Crippen MR) is 99.9 cm³/mol. The molecule has 0 aliphatic heterocycles. The van der Waals surface area contributed by atoms with Crippen LogP contribution in [0.15, 0.2) is 47.5 Å². The van der Waals surface area contributed by atoms with E-state index in [1.165, 1.54) is 15.9 Å². The number of thiophene rings is 1. The summed E-state index contributed by atoms with van der Waals surface area (Å²) < 4.78 is 7.79. The van der Waals surface area contributed by atoms with Crippen molar-refractivity contribution in [1.82, 2.24) is 14.5 Å². The Balaban J connectivity index is 1.67. The van der Waals surface area contributed by atoms with E-state index in [4.69, 9.17) is 4.74 Å². The van der Waals surface area contributed by atoms with Crippen LogP contribution >= 0.6 is 11.3 Å². The Hall–Kier alpha value is -2.57. The molecular weight excluding hydrogens is 334 g/mol. The second-order valence-electron chi connectivity index (χ2n) is 6.02. The molecule has 0 spiro atoms. The first-order valence-electron chi connectivity index (χ1n) is 8.01. The summed E-state index contributed by atoms with van der Waals surface area (Å²) >= 11 is 1.40. The molecule has 0 saturated heterocycles. The summed E-state index contributed by atoms with van der Waals surface area (Å²) in [6, 6.07) is 11.9. The highest BCUT2D eigenvalue weighted by Gasteiger charge is 2.14. The SMILES string of the molecule is Cc1cc(C)c2c(n1)sc1c(=O)n(COCc3ccccc3)cnc12. The monoisotopic (exact) mass is 351 g/mol. The second kappa shape index (κ2) is 6.38. The van der Waals surface area contributed by atoms with Crippen LogP contribution in [0.3, 0.4) is 0 Å². The summed E-state index contributed by atoms with van der Waals surface area (Å²) in [6.45, 7) is 4.62. The zero-order chi connectivity index (χ0) is 17.4. The third kappa shape index (κ3) is 2.94. The van der Waals surface area contributed by atoms with Crippen LogP contribution in [0.25, 0.3) is 20.4 Å². The number of aromatic nitrogens is 3. The van der Waals surface area contributed by atoms with Crippen LogP contribution in [0.5, 0.6) is 0 Å². The highest BCUT2D eigenvalue weighted by Crippen LogP contribution is 2.31. The predicted octanol–water partition coefficient (Wildman–Crippen LogP) is 3.80. The maximum absolute atomic E-state index is 12.8. The third-order valence-corrected chi connectivity index (χ3v) is 5.15. The first kappa shape index (κ1) is 15.9. The van der Waals surface area contributed by atoms with Crippen molar-refractivity contribution in [2.45, 2.75) is 27.2 Å². The number of aryl methyl sites for hydroxylation is 2. The third-order valence-electron chi connectivity index (χ3n) is 4.09.